The molecule has 1 aliphatic heterocycles. The molecule has 110 valence electrons. The van der Waals surface area contributed by atoms with Crippen molar-refractivity contribution in [1.29, 1.82) is 0 Å². The minimum atomic E-state index is -1.01. The Morgan fingerprint density at radius 1 is 1.26 bits per heavy atom. The van der Waals surface area contributed by atoms with Crippen LogP contribution in [0.25, 0.3) is 0 Å². The van der Waals surface area contributed by atoms with Crippen molar-refractivity contribution in [1.82, 2.24) is 10.2 Å². The molecule has 1 fully saturated rings. The Labute approximate surface area is 115 Å². The first-order chi connectivity index (χ1) is 8.81. The van der Waals surface area contributed by atoms with Gasteiger partial charge in [-0.15, -0.1) is 0 Å². The Kier molecular flexibility index (Phi) is 5.79. The third-order valence-electron chi connectivity index (χ3n) is 3.57. The molecular weight excluding hydrogens is 244 g/mol. The molecule has 1 rings (SSSR count). The maximum absolute atomic E-state index is 11.8. The smallest absolute Gasteiger partial charge is 0.309 e. The number of carbonyl (C=O) groups excluding carboxylic acids is 1. The summed E-state index contributed by atoms with van der Waals surface area (Å²) in [5.74, 6) is -1.12. The highest BCUT2D eigenvalue weighted by molar-refractivity contribution is 5.84. The second-order valence-electron chi connectivity index (χ2n) is 6.20. The molecule has 0 radical (unpaired) electrons. The van der Waals surface area contributed by atoms with Crippen LogP contribution in [0.1, 0.15) is 46.5 Å². The zero-order valence-electron chi connectivity index (χ0n) is 12.2. The van der Waals surface area contributed by atoms with Crippen LogP contribution in [-0.4, -0.2) is 47.6 Å². The monoisotopic (exact) mass is 270 g/mol. The molecule has 0 saturated carbocycles. The zero-order valence-corrected chi connectivity index (χ0v) is 12.2. The second-order valence-corrected chi connectivity index (χ2v) is 6.20. The van der Waals surface area contributed by atoms with E-state index in [-0.39, 0.29) is 18.4 Å². The summed E-state index contributed by atoms with van der Waals surface area (Å²) in [5.41, 5.74) is -1.01. The van der Waals surface area contributed by atoms with Crippen LogP contribution in [0, 0.1) is 5.41 Å². The minimum absolute atomic E-state index is 0.0205. The number of nitrogens with one attached hydrogen (secondary N) is 1. The minimum Gasteiger partial charge on any atom is -0.481 e. The summed E-state index contributed by atoms with van der Waals surface area (Å²) in [5, 5.41) is 11.9. The van der Waals surface area contributed by atoms with Gasteiger partial charge in [0, 0.05) is 19.0 Å². The molecule has 19 heavy (non-hydrogen) atoms. The molecule has 2 N–H and O–H groups in total. The number of carboxylic acid groups (broad SMARTS) is 1. The number of carbonyl (C=O) groups is 2. The summed E-state index contributed by atoms with van der Waals surface area (Å²) >= 11 is 0. The van der Waals surface area contributed by atoms with E-state index in [1.165, 1.54) is 19.3 Å². The molecule has 1 saturated heterocycles. The lowest BCUT2D eigenvalue weighted by Crippen LogP contribution is -2.45. The summed E-state index contributed by atoms with van der Waals surface area (Å²) in [7, 11) is 0. The number of amides is 1. The van der Waals surface area contributed by atoms with Crippen molar-refractivity contribution in [2.45, 2.75) is 52.5 Å². The normalized spacial score (nSPS) is 18.9. The van der Waals surface area contributed by atoms with Gasteiger partial charge in [0.05, 0.1) is 5.41 Å². The summed E-state index contributed by atoms with van der Waals surface area (Å²) in [4.78, 5) is 25.2. The van der Waals surface area contributed by atoms with Crippen molar-refractivity contribution in [2.75, 3.05) is 19.6 Å². The van der Waals surface area contributed by atoms with Gasteiger partial charge >= 0.3 is 5.97 Å². The Hall–Kier alpha value is -1.10. The van der Waals surface area contributed by atoms with Gasteiger partial charge in [-0.3, -0.25) is 9.59 Å². The average Bonchev–Trinajstić information content (AvgIpc) is 2.28. The summed E-state index contributed by atoms with van der Waals surface area (Å²) in [6.45, 7) is 8.16. The van der Waals surface area contributed by atoms with Crippen LogP contribution in [0.5, 0.6) is 0 Å². The van der Waals surface area contributed by atoms with Gasteiger partial charge in [-0.05, 0) is 46.7 Å². The van der Waals surface area contributed by atoms with Gasteiger partial charge in [0.25, 0.3) is 0 Å². The Morgan fingerprint density at radius 3 is 2.37 bits per heavy atom. The first kappa shape index (κ1) is 16.0. The molecule has 1 unspecified atom stereocenters. The predicted molar refractivity (Wildman–Crippen MR) is 73.9 cm³/mol. The first-order valence-electron chi connectivity index (χ1n) is 7.06. The maximum Gasteiger partial charge on any atom is 0.309 e. The molecule has 1 aliphatic rings. The van der Waals surface area contributed by atoms with Gasteiger partial charge < -0.3 is 15.3 Å². The first-order valence-corrected chi connectivity index (χ1v) is 7.06. The molecule has 1 heterocycles. The number of piperidine rings is 1. The Morgan fingerprint density at radius 2 is 1.84 bits per heavy atom. The Balaban J connectivity index is 2.33. The molecule has 0 aromatic rings. The highest BCUT2D eigenvalue weighted by Crippen LogP contribution is 2.20. The predicted octanol–water partition coefficient (Wildman–Crippen LogP) is 1.48. The van der Waals surface area contributed by atoms with E-state index < -0.39 is 11.4 Å². The quantitative estimate of drug-likeness (QED) is 0.767. The molecule has 0 aliphatic carbocycles. The summed E-state index contributed by atoms with van der Waals surface area (Å²) in [6, 6.07) is 0.0650. The number of rotatable bonds is 6. The van der Waals surface area contributed by atoms with Crippen LogP contribution in [0.2, 0.25) is 0 Å². The van der Waals surface area contributed by atoms with E-state index in [9.17, 15) is 9.59 Å². The van der Waals surface area contributed by atoms with Crippen LogP contribution in [0.4, 0.5) is 0 Å². The van der Waals surface area contributed by atoms with Crippen molar-refractivity contribution < 1.29 is 14.7 Å². The van der Waals surface area contributed by atoms with Crippen molar-refractivity contribution in [3.63, 3.8) is 0 Å². The molecule has 0 bridgehead atoms. The van der Waals surface area contributed by atoms with Gasteiger partial charge in [-0.25, -0.2) is 0 Å². The summed E-state index contributed by atoms with van der Waals surface area (Å²) < 4.78 is 0. The molecule has 0 spiro atoms. The fourth-order valence-electron chi connectivity index (χ4n) is 2.38. The van der Waals surface area contributed by atoms with Gasteiger partial charge in [0.2, 0.25) is 5.91 Å². The highest BCUT2D eigenvalue weighted by atomic mass is 16.4. The lowest BCUT2D eigenvalue weighted by Gasteiger charge is -2.29. The second kappa shape index (κ2) is 6.89. The topological polar surface area (TPSA) is 69.6 Å². The molecule has 5 nitrogen and oxygen atoms in total. The SMILES string of the molecule is CC(CN1CCCCC1)NC(=O)CC(C)(C)C(=O)O. The Bertz CT molecular complexity index is 323. The average molecular weight is 270 g/mol. The van der Waals surface area contributed by atoms with E-state index in [0.29, 0.717) is 0 Å². The highest BCUT2D eigenvalue weighted by Gasteiger charge is 2.30. The van der Waals surface area contributed by atoms with Crippen LogP contribution in [0.15, 0.2) is 0 Å². The van der Waals surface area contributed by atoms with Gasteiger partial charge in [0.15, 0.2) is 0 Å². The number of hydrogen-bond donors (Lipinski definition) is 2. The van der Waals surface area contributed by atoms with Gasteiger partial charge in [-0.1, -0.05) is 6.42 Å². The number of hydrogen-bond acceptors (Lipinski definition) is 3. The number of likely N-dealkylation sites (tertiary alicyclic amines) is 1. The van der Waals surface area contributed by atoms with Crippen LogP contribution in [-0.2, 0) is 9.59 Å². The van der Waals surface area contributed by atoms with E-state index in [1.54, 1.807) is 13.8 Å². The van der Waals surface area contributed by atoms with Gasteiger partial charge in [0.1, 0.15) is 0 Å². The van der Waals surface area contributed by atoms with E-state index in [1.807, 2.05) is 6.92 Å². The number of nitrogens with zero attached hydrogens (tertiary/aromatic N) is 1. The molecule has 0 aromatic carbocycles. The van der Waals surface area contributed by atoms with Crippen LogP contribution < -0.4 is 5.32 Å². The lowest BCUT2D eigenvalue weighted by atomic mass is 9.89. The van der Waals surface area contributed by atoms with E-state index >= 15 is 0 Å². The fourth-order valence-corrected chi connectivity index (χ4v) is 2.38. The van der Waals surface area contributed by atoms with Crippen molar-refractivity contribution in [3.8, 4) is 0 Å². The van der Waals surface area contributed by atoms with Crippen LogP contribution in [0.3, 0.4) is 0 Å². The van der Waals surface area contributed by atoms with Crippen molar-refractivity contribution in [2.24, 2.45) is 5.41 Å². The zero-order chi connectivity index (χ0) is 14.5. The lowest BCUT2D eigenvalue weighted by molar-refractivity contribution is -0.149. The van der Waals surface area contributed by atoms with Crippen molar-refractivity contribution in [3.05, 3.63) is 0 Å². The summed E-state index contributed by atoms with van der Waals surface area (Å²) in [6.07, 6.45) is 3.77. The molecule has 5 heteroatoms. The number of carboxylic acids is 1. The maximum atomic E-state index is 11.8. The molecule has 1 amide bonds. The molecule has 1 atom stereocenters. The third kappa shape index (κ3) is 5.59. The molecular formula is C14H26N2O3. The van der Waals surface area contributed by atoms with Gasteiger partial charge in [-0.2, -0.15) is 0 Å². The standard InChI is InChI=1S/C14H26N2O3/c1-11(10-16-7-5-4-6-8-16)15-12(17)9-14(2,3)13(18)19/h11H,4-10H2,1-3H3,(H,15,17)(H,18,19). The third-order valence-corrected chi connectivity index (χ3v) is 3.57. The van der Waals surface area contributed by atoms with Crippen molar-refractivity contribution >= 4 is 11.9 Å². The van der Waals surface area contributed by atoms with E-state index in [0.717, 1.165) is 19.6 Å². The van der Waals surface area contributed by atoms with Crippen LogP contribution >= 0.6 is 0 Å². The fraction of sp³-hybridized carbons (Fsp3) is 0.857. The molecule has 0 aromatic heterocycles. The number of aliphatic carboxylic acids is 1. The van der Waals surface area contributed by atoms with E-state index in [4.69, 9.17) is 5.11 Å². The largest absolute Gasteiger partial charge is 0.481 e. The van der Waals surface area contributed by atoms with E-state index in [2.05, 4.69) is 10.2 Å².